The van der Waals surface area contributed by atoms with Crippen molar-refractivity contribution in [2.24, 2.45) is 0 Å². The lowest BCUT2D eigenvalue weighted by Crippen LogP contribution is -2.69. The van der Waals surface area contributed by atoms with Gasteiger partial charge in [-0.3, -0.25) is 9.59 Å². The molecule has 0 aromatic heterocycles. The fourth-order valence-corrected chi connectivity index (χ4v) is 4.70. The first kappa shape index (κ1) is 25.0. The summed E-state index contributed by atoms with van der Waals surface area (Å²) < 4.78 is 25.5. The van der Waals surface area contributed by atoms with Gasteiger partial charge in [-0.05, 0) is 42.3 Å². The number of nitrogens with zero attached hydrogens (tertiary/aromatic N) is 3. The predicted octanol–water partition coefficient (Wildman–Crippen LogP) is 2.08. The Balaban J connectivity index is 1.87. The first-order valence-electron chi connectivity index (χ1n) is 10.4. The second-order valence-electron chi connectivity index (χ2n) is 8.65. The lowest BCUT2D eigenvalue weighted by molar-refractivity contribution is -0.153. The van der Waals surface area contributed by atoms with Crippen LogP contribution in [0.2, 0.25) is 5.02 Å². The van der Waals surface area contributed by atoms with Gasteiger partial charge in [0.25, 0.3) is 0 Å². The standard InChI is InChI=1S/C23H29ClN4O4S/c1-23(22(30)25-13-17-5-9-19(24)10-6-17)16-27(33(4,31)32)15-21(29)28(23)14-18-7-11-20(12-8-18)26(2)3/h5-12H,13-16H2,1-4H3,(H,25,30)/t23-/m0/s1. The second kappa shape index (κ2) is 9.70. The highest BCUT2D eigenvalue weighted by Gasteiger charge is 2.49. The number of carbonyl (C=O) groups excluding carboxylic acids is 2. The molecule has 3 rings (SSSR count). The number of benzene rings is 2. The van der Waals surface area contributed by atoms with Gasteiger partial charge in [0.05, 0.1) is 12.8 Å². The number of carbonyl (C=O) groups is 2. The SMILES string of the molecule is CN(C)c1ccc(CN2C(=O)CN(S(C)(=O)=O)C[C@@]2(C)C(=O)NCc2ccc(Cl)cc2)cc1. The van der Waals surface area contributed by atoms with Crippen molar-refractivity contribution < 1.29 is 18.0 Å². The molecule has 33 heavy (non-hydrogen) atoms. The van der Waals surface area contributed by atoms with E-state index in [4.69, 9.17) is 11.6 Å². The molecule has 2 aromatic carbocycles. The van der Waals surface area contributed by atoms with Crippen molar-refractivity contribution in [1.82, 2.24) is 14.5 Å². The Morgan fingerprint density at radius 3 is 2.21 bits per heavy atom. The maximum absolute atomic E-state index is 13.4. The average molecular weight is 493 g/mol. The molecule has 1 aliphatic rings. The number of halogens is 1. The summed E-state index contributed by atoms with van der Waals surface area (Å²) in [5.41, 5.74) is 1.31. The number of nitrogens with one attached hydrogen (secondary N) is 1. The topological polar surface area (TPSA) is 90.0 Å². The van der Waals surface area contributed by atoms with Crippen LogP contribution in [0.4, 0.5) is 5.69 Å². The quantitative estimate of drug-likeness (QED) is 0.639. The summed E-state index contributed by atoms with van der Waals surface area (Å²) in [7, 11) is 0.210. The molecular weight excluding hydrogens is 464 g/mol. The molecule has 10 heteroatoms. The van der Waals surface area contributed by atoms with E-state index in [-0.39, 0.29) is 26.2 Å². The number of sulfonamides is 1. The zero-order chi connectivity index (χ0) is 24.4. The van der Waals surface area contributed by atoms with E-state index in [1.807, 2.05) is 43.3 Å². The molecule has 2 aromatic rings. The summed E-state index contributed by atoms with van der Waals surface area (Å²) >= 11 is 5.92. The molecule has 8 nitrogen and oxygen atoms in total. The van der Waals surface area contributed by atoms with Crippen molar-refractivity contribution in [3.8, 4) is 0 Å². The van der Waals surface area contributed by atoms with Crippen LogP contribution in [-0.2, 0) is 32.7 Å². The fraction of sp³-hybridized carbons (Fsp3) is 0.391. The third-order valence-corrected chi connectivity index (χ3v) is 7.26. The smallest absolute Gasteiger partial charge is 0.247 e. The van der Waals surface area contributed by atoms with Gasteiger partial charge >= 0.3 is 0 Å². The lowest BCUT2D eigenvalue weighted by Gasteiger charge is -2.46. The molecule has 1 fully saturated rings. The first-order chi connectivity index (χ1) is 15.4. The Hall–Kier alpha value is -2.62. The van der Waals surface area contributed by atoms with Crippen molar-refractivity contribution in [3.63, 3.8) is 0 Å². The minimum absolute atomic E-state index is 0.125. The van der Waals surface area contributed by atoms with E-state index >= 15 is 0 Å². The van der Waals surface area contributed by atoms with Crippen LogP contribution >= 0.6 is 11.6 Å². The van der Waals surface area contributed by atoms with E-state index in [1.54, 1.807) is 31.2 Å². The van der Waals surface area contributed by atoms with E-state index < -0.39 is 27.4 Å². The summed E-state index contributed by atoms with van der Waals surface area (Å²) in [6, 6.07) is 14.7. The Morgan fingerprint density at radius 2 is 1.67 bits per heavy atom. The molecule has 2 amide bonds. The van der Waals surface area contributed by atoms with Crippen LogP contribution < -0.4 is 10.2 Å². The molecular formula is C23H29ClN4O4S. The zero-order valence-electron chi connectivity index (χ0n) is 19.2. The molecule has 1 atom stereocenters. The predicted molar refractivity (Wildman–Crippen MR) is 129 cm³/mol. The van der Waals surface area contributed by atoms with E-state index in [0.717, 1.165) is 27.4 Å². The molecule has 1 saturated heterocycles. The van der Waals surface area contributed by atoms with Gasteiger partial charge in [0, 0.05) is 44.4 Å². The largest absolute Gasteiger partial charge is 0.378 e. The maximum Gasteiger partial charge on any atom is 0.247 e. The lowest BCUT2D eigenvalue weighted by atomic mass is 9.94. The summed E-state index contributed by atoms with van der Waals surface area (Å²) in [4.78, 5) is 29.9. The summed E-state index contributed by atoms with van der Waals surface area (Å²) in [6.45, 7) is 1.60. The summed E-state index contributed by atoms with van der Waals surface area (Å²) in [5.74, 6) is -0.850. The Bertz CT molecular complexity index is 1120. The van der Waals surface area contributed by atoms with Gasteiger partial charge in [-0.2, -0.15) is 4.31 Å². The number of hydrogen-bond donors (Lipinski definition) is 1. The molecule has 0 bridgehead atoms. The average Bonchev–Trinajstić information content (AvgIpc) is 2.75. The van der Waals surface area contributed by atoms with E-state index in [2.05, 4.69) is 5.32 Å². The molecule has 0 aliphatic carbocycles. The molecule has 1 aliphatic heterocycles. The van der Waals surface area contributed by atoms with Crippen molar-refractivity contribution in [1.29, 1.82) is 0 Å². The monoisotopic (exact) mass is 492 g/mol. The molecule has 1 heterocycles. The first-order valence-corrected chi connectivity index (χ1v) is 12.7. The fourth-order valence-electron chi connectivity index (χ4n) is 3.74. The van der Waals surface area contributed by atoms with Crippen molar-refractivity contribution in [2.45, 2.75) is 25.6 Å². The van der Waals surface area contributed by atoms with E-state index in [1.165, 1.54) is 4.90 Å². The molecule has 0 spiro atoms. The highest BCUT2D eigenvalue weighted by molar-refractivity contribution is 7.88. The van der Waals surface area contributed by atoms with E-state index in [0.29, 0.717) is 5.02 Å². The van der Waals surface area contributed by atoms with Gasteiger partial charge in [-0.15, -0.1) is 0 Å². The van der Waals surface area contributed by atoms with Crippen LogP contribution in [0.3, 0.4) is 0 Å². The van der Waals surface area contributed by atoms with Gasteiger partial charge in [-0.25, -0.2) is 8.42 Å². The maximum atomic E-state index is 13.4. The molecule has 0 radical (unpaired) electrons. The molecule has 1 N–H and O–H groups in total. The summed E-state index contributed by atoms with van der Waals surface area (Å²) in [6.07, 6.45) is 1.04. The molecule has 0 unspecified atom stereocenters. The minimum Gasteiger partial charge on any atom is -0.378 e. The van der Waals surface area contributed by atoms with Crippen molar-refractivity contribution in [2.75, 3.05) is 38.3 Å². The molecule has 178 valence electrons. The van der Waals surface area contributed by atoms with Gasteiger partial charge in [0.1, 0.15) is 5.54 Å². The van der Waals surface area contributed by atoms with Crippen LogP contribution in [-0.4, -0.2) is 68.4 Å². The highest BCUT2D eigenvalue weighted by atomic mass is 35.5. The van der Waals surface area contributed by atoms with Crippen LogP contribution in [0.1, 0.15) is 18.1 Å². The summed E-state index contributed by atoms with van der Waals surface area (Å²) in [5, 5.41) is 3.45. The number of piperazine rings is 1. The number of anilines is 1. The number of rotatable bonds is 7. The Kier molecular flexibility index (Phi) is 7.36. The second-order valence-corrected chi connectivity index (χ2v) is 11.1. The van der Waals surface area contributed by atoms with Crippen molar-refractivity contribution >= 4 is 39.1 Å². The van der Waals surface area contributed by atoms with Crippen LogP contribution in [0.25, 0.3) is 0 Å². The van der Waals surface area contributed by atoms with Gasteiger partial charge in [-0.1, -0.05) is 35.9 Å². The van der Waals surface area contributed by atoms with Crippen molar-refractivity contribution in [3.05, 3.63) is 64.7 Å². The van der Waals surface area contributed by atoms with Gasteiger partial charge in [0.2, 0.25) is 21.8 Å². The normalized spacial score (nSPS) is 19.4. The third kappa shape index (κ3) is 5.85. The molecule has 0 saturated carbocycles. The van der Waals surface area contributed by atoms with Crippen LogP contribution in [0.15, 0.2) is 48.5 Å². The zero-order valence-corrected chi connectivity index (χ0v) is 20.8. The number of amides is 2. The number of hydrogen-bond acceptors (Lipinski definition) is 5. The van der Waals surface area contributed by atoms with Crippen LogP contribution in [0, 0.1) is 0 Å². The van der Waals surface area contributed by atoms with Gasteiger partial charge < -0.3 is 15.1 Å². The van der Waals surface area contributed by atoms with Crippen LogP contribution in [0.5, 0.6) is 0 Å². The Morgan fingerprint density at radius 1 is 1.09 bits per heavy atom. The van der Waals surface area contributed by atoms with Gasteiger partial charge in [0.15, 0.2) is 0 Å². The van der Waals surface area contributed by atoms with E-state index in [9.17, 15) is 18.0 Å². The highest BCUT2D eigenvalue weighted by Crippen LogP contribution is 2.27. The minimum atomic E-state index is -3.66. The Labute approximate surface area is 200 Å². The third-order valence-electron chi connectivity index (χ3n) is 5.81.